The van der Waals surface area contributed by atoms with Crippen LogP contribution in [-0.2, 0) is 0 Å². The number of ether oxygens (including phenoxy) is 1. The van der Waals surface area contributed by atoms with E-state index in [1.54, 1.807) is 7.11 Å². The molecule has 0 aliphatic heterocycles. The first-order valence-corrected chi connectivity index (χ1v) is 7.05. The molecule has 0 atom stereocenters. The first-order chi connectivity index (χ1) is 9.61. The zero-order valence-electron chi connectivity index (χ0n) is 10.6. The minimum Gasteiger partial charge on any atom is -0.494 e. The molecule has 0 saturated heterocycles. The molecule has 0 saturated carbocycles. The maximum Gasteiger partial charge on any atom is 0.206 e. The molecule has 3 rings (SSSR count). The van der Waals surface area contributed by atoms with Crippen LogP contribution in [0.4, 0.5) is 5.95 Å². The Hall–Kier alpha value is -1.72. The number of halogens is 2. The van der Waals surface area contributed by atoms with E-state index in [1.807, 2.05) is 41.0 Å². The number of methoxy groups -OCH3 is 1. The number of nitrogen functional groups attached to an aromatic ring is 1. The lowest BCUT2D eigenvalue weighted by Crippen LogP contribution is -2.00. The SMILES string of the molecule is COc1cccc2c1nc(N)n2-c1ccc(Br)c(Cl)c1. The van der Waals surface area contributed by atoms with Gasteiger partial charge in [-0.3, -0.25) is 4.57 Å². The minimum atomic E-state index is 0.392. The highest BCUT2D eigenvalue weighted by molar-refractivity contribution is 9.10. The van der Waals surface area contributed by atoms with E-state index >= 15 is 0 Å². The number of nitrogens with zero attached hydrogens (tertiary/aromatic N) is 2. The van der Waals surface area contributed by atoms with Crippen LogP contribution in [0, 0.1) is 0 Å². The van der Waals surface area contributed by atoms with Crippen LogP contribution < -0.4 is 10.5 Å². The second kappa shape index (κ2) is 5.00. The van der Waals surface area contributed by atoms with Gasteiger partial charge in [-0.1, -0.05) is 17.7 Å². The average molecular weight is 353 g/mol. The number of imidazole rings is 1. The molecule has 3 aromatic rings. The van der Waals surface area contributed by atoms with Gasteiger partial charge in [0.1, 0.15) is 11.3 Å². The lowest BCUT2D eigenvalue weighted by Gasteiger charge is -2.08. The van der Waals surface area contributed by atoms with Crippen molar-refractivity contribution in [3.8, 4) is 11.4 Å². The standard InChI is InChI=1S/C14H11BrClN3O/c1-20-12-4-2-3-11-13(12)18-14(17)19(11)8-5-6-9(15)10(16)7-8/h2-7H,1H3,(H2,17,18). The van der Waals surface area contributed by atoms with Crippen molar-refractivity contribution in [2.45, 2.75) is 0 Å². The summed E-state index contributed by atoms with van der Waals surface area (Å²) in [7, 11) is 1.61. The van der Waals surface area contributed by atoms with Gasteiger partial charge in [0, 0.05) is 4.47 Å². The topological polar surface area (TPSA) is 53.1 Å². The normalized spacial score (nSPS) is 10.9. The predicted octanol–water partition coefficient (Wildman–Crippen LogP) is 4.03. The van der Waals surface area contributed by atoms with Crippen LogP contribution in [0.3, 0.4) is 0 Å². The molecule has 0 aliphatic rings. The molecular weight excluding hydrogens is 342 g/mol. The molecule has 20 heavy (non-hydrogen) atoms. The number of hydrogen-bond acceptors (Lipinski definition) is 3. The fourth-order valence-corrected chi connectivity index (χ4v) is 2.57. The second-order valence-corrected chi connectivity index (χ2v) is 5.49. The van der Waals surface area contributed by atoms with Crippen molar-refractivity contribution < 1.29 is 4.74 Å². The lowest BCUT2D eigenvalue weighted by molar-refractivity contribution is 0.419. The van der Waals surface area contributed by atoms with Gasteiger partial charge in [0.2, 0.25) is 5.95 Å². The van der Waals surface area contributed by atoms with Crippen molar-refractivity contribution in [3.05, 3.63) is 45.9 Å². The third-order valence-corrected chi connectivity index (χ3v) is 4.29. The summed E-state index contributed by atoms with van der Waals surface area (Å²) < 4.78 is 7.99. The summed E-state index contributed by atoms with van der Waals surface area (Å²) in [5, 5.41) is 0.617. The number of anilines is 1. The molecule has 4 nitrogen and oxygen atoms in total. The molecule has 0 fully saturated rings. The Kier molecular flexibility index (Phi) is 3.31. The first-order valence-electron chi connectivity index (χ1n) is 5.88. The maximum absolute atomic E-state index is 6.15. The van der Waals surface area contributed by atoms with Crippen LogP contribution in [0.1, 0.15) is 0 Å². The number of para-hydroxylation sites is 1. The van der Waals surface area contributed by atoms with Gasteiger partial charge in [0.15, 0.2) is 0 Å². The predicted molar refractivity (Wildman–Crippen MR) is 84.7 cm³/mol. The zero-order valence-corrected chi connectivity index (χ0v) is 12.9. The monoisotopic (exact) mass is 351 g/mol. The molecule has 1 heterocycles. The number of benzene rings is 2. The van der Waals surface area contributed by atoms with Crippen molar-refractivity contribution in [2.75, 3.05) is 12.8 Å². The Balaban J connectivity index is 2.30. The summed E-state index contributed by atoms with van der Waals surface area (Å²) in [4.78, 5) is 4.37. The van der Waals surface area contributed by atoms with Gasteiger partial charge in [-0.05, 0) is 46.3 Å². The van der Waals surface area contributed by atoms with Gasteiger partial charge in [-0.2, -0.15) is 0 Å². The molecule has 2 aromatic carbocycles. The van der Waals surface area contributed by atoms with Crippen molar-refractivity contribution in [2.24, 2.45) is 0 Å². The van der Waals surface area contributed by atoms with E-state index in [4.69, 9.17) is 22.1 Å². The average Bonchev–Trinajstić information content (AvgIpc) is 2.78. The molecule has 0 spiro atoms. The smallest absolute Gasteiger partial charge is 0.206 e. The van der Waals surface area contributed by atoms with Crippen LogP contribution in [0.15, 0.2) is 40.9 Å². The highest BCUT2D eigenvalue weighted by atomic mass is 79.9. The Bertz CT molecular complexity index is 800. The van der Waals surface area contributed by atoms with E-state index in [2.05, 4.69) is 20.9 Å². The molecule has 0 aliphatic carbocycles. The largest absolute Gasteiger partial charge is 0.494 e. The van der Waals surface area contributed by atoms with Gasteiger partial charge in [0.05, 0.1) is 23.3 Å². The van der Waals surface area contributed by atoms with Crippen LogP contribution in [-0.4, -0.2) is 16.7 Å². The number of aromatic nitrogens is 2. The highest BCUT2D eigenvalue weighted by Gasteiger charge is 2.14. The van der Waals surface area contributed by atoms with Crippen molar-refractivity contribution in [1.82, 2.24) is 9.55 Å². The Labute approximate surface area is 129 Å². The van der Waals surface area contributed by atoms with Gasteiger partial charge >= 0.3 is 0 Å². The third-order valence-electron chi connectivity index (χ3n) is 3.06. The molecule has 0 unspecified atom stereocenters. The van der Waals surface area contributed by atoms with E-state index in [1.165, 1.54) is 0 Å². The van der Waals surface area contributed by atoms with Crippen LogP contribution >= 0.6 is 27.5 Å². The number of nitrogens with two attached hydrogens (primary N) is 1. The first kappa shape index (κ1) is 13.3. The van der Waals surface area contributed by atoms with E-state index in [0.29, 0.717) is 16.7 Å². The Morgan fingerprint density at radius 3 is 2.80 bits per heavy atom. The second-order valence-electron chi connectivity index (χ2n) is 4.23. The van der Waals surface area contributed by atoms with Crippen LogP contribution in [0.25, 0.3) is 16.7 Å². The quantitative estimate of drug-likeness (QED) is 0.757. The molecule has 6 heteroatoms. The van der Waals surface area contributed by atoms with E-state index in [0.717, 1.165) is 21.2 Å². The molecule has 1 aromatic heterocycles. The van der Waals surface area contributed by atoms with Gasteiger partial charge < -0.3 is 10.5 Å². The van der Waals surface area contributed by atoms with Gasteiger partial charge in [-0.15, -0.1) is 0 Å². The Morgan fingerprint density at radius 2 is 2.10 bits per heavy atom. The Morgan fingerprint density at radius 1 is 1.30 bits per heavy atom. The van der Waals surface area contributed by atoms with Crippen LogP contribution in [0.2, 0.25) is 5.02 Å². The van der Waals surface area contributed by atoms with Crippen LogP contribution in [0.5, 0.6) is 5.75 Å². The fraction of sp³-hybridized carbons (Fsp3) is 0.0714. The highest BCUT2D eigenvalue weighted by Crippen LogP contribution is 2.31. The number of fused-ring (bicyclic) bond motifs is 1. The molecule has 102 valence electrons. The lowest BCUT2D eigenvalue weighted by atomic mass is 10.2. The molecule has 0 bridgehead atoms. The number of hydrogen-bond donors (Lipinski definition) is 1. The minimum absolute atomic E-state index is 0.392. The van der Waals surface area contributed by atoms with Crippen molar-refractivity contribution >= 4 is 44.5 Å². The third kappa shape index (κ3) is 2.03. The summed E-state index contributed by atoms with van der Waals surface area (Å²) >= 11 is 9.52. The summed E-state index contributed by atoms with van der Waals surface area (Å²) in [6.45, 7) is 0. The molecular formula is C14H11BrClN3O. The maximum atomic E-state index is 6.15. The van der Waals surface area contributed by atoms with Gasteiger partial charge in [0.25, 0.3) is 0 Å². The number of rotatable bonds is 2. The van der Waals surface area contributed by atoms with Crippen molar-refractivity contribution in [3.63, 3.8) is 0 Å². The summed E-state index contributed by atoms with van der Waals surface area (Å²) in [6, 6.07) is 11.3. The molecule has 0 amide bonds. The summed E-state index contributed by atoms with van der Waals surface area (Å²) in [5.74, 6) is 1.08. The summed E-state index contributed by atoms with van der Waals surface area (Å²) in [6.07, 6.45) is 0. The molecule has 2 N–H and O–H groups in total. The van der Waals surface area contributed by atoms with E-state index < -0.39 is 0 Å². The van der Waals surface area contributed by atoms with E-state index in [-0.39, 0.29) is 0 Å². The van der Waals surface area contributed by atoms with E-state index in [9.17, 15) is 0 Å². The summed E-state index contributed by atoms with van der Waals surface area (Å²) in [5.41, 5.74) is 8.50. The zero-order chi connectivity index (χ0) is 14.3. The van der Waals surface area contributed by atoms with Crippen molar-refractivity contribution in [1.29, 1.82) is 0 Å². The molecule has 0 radical (unpaired) electrons. The van der Waals surface area contributed by atoms with Gasteiger partial charge in [-0.25, -0.2) is 4.98 Å². The fourth-order valence-electron chi connectivity index (χ4n) is 2.15.